The van der Waals surface area contributed by atoms with Crippen LogP contribution in [0, 0.1) is 0 Å². The summed E-state index contributed by atoms with van der Waals surface area (Å²) in [7, 11) is -9.77. The SMILES string of the molecule is O=C(Nc1nnc(-c2cccs2)o1)c1ccc(S(F)(F)(F)(F)F)cc1. The second-order valence-corrected chi connectivity index (χ2v) is 8.19. The standard InChI is InChI=1S/C13H8F5N3O2S2/c14-25(15,16,17,18)9-5-3-8(4-6-9)11(22)19-13-21-20-12(23-13)10-2-1-7-24-10/h1-7H,(H,19,21,22). The third-order valence-electron chi connectivity index (χ3n) is 2.94. The van der Waals surface area contributed by atoms with Gasteiger partial charge in [-0.25, -0.2) is 0 Å². The smallest absolute Gasteiger partial charge is 0.322 e. The Labute approximate surface area is 141 Å². The molecule has 0 unspecified atom stereocenters. The first-order valence-corrected chi connectivity index (χ1v) is 9.28. The summed E-state index contributed by atoms with van der Waals surface area (Å²) >= 11 is 1.32. The van der Waals surface area contributed by atoms with Gasteiger partial charge in [-0.1, -0.05) is 30.6 Å². The number of hydrogen-bond donors (Lipinski definition) is 1. The van der Waals surface area contributed by atoms with Crippen LogP contribution in [0.15, 0.2) is 51.1 Å². The molecule has 1 amide bonds. The van der Waals surface area contributed by atoms with E-state index in [1.807, 2.05) is 0 Å². The summed E-state index contributed by atoms with van der Waals surface area (Å²) in [6.07, 6.45) is 0. The van der Waals surface area contributed by atoms with Crippen molar-refractivity contribution in [2.45, 2.75) is 4.90 Å². The lowest BCUT2D eigenvalue weighted by Crippen LogP contribution is -2.13. The van der Waals surface area contributed by atoms with E-state index in [4.69, 9.17) is 4.42 Å². The van der Waals surface area contributed by atoms with Crippen LogP contribution in [0.3, 0.4) is 0 Å². The summed E-state index contributed by atoms with van der Waals surface area (Å²) in [5, 5.41) is 11.2. The molecule has 1 N–H and O–H groups in total. The lowest BCUT2D eigenvalue weighted by Gasteiger charge is -2.40. The summed E-state index contributed by atoms with van der Waals surface area (Å²) in [6.45, 7) is 0. The van der Waals surface area contributed by atoms with Crippen molar-refractivity contribution < 1.29 is 28.6 Å². The molecule has 0 spiro atoms. The van der Waals surface area contributed by atoms with Gasteiger partial charge < -0.3 is 4.42 Å². The van der Waals surface area contributed by atoms with E-state index in [1.54, 1.807) is 17.5 Å². The van der Waals surface area contributed by atoms with Crippen LogP contribution in [-0.4, -0.2) is 16.1 Å². The largest absolute Gasteiger partial charge is 0.402 e. The van der Waals surface area contributed by atoms with Crippen LogP contribution in [0.25, 0.3) is 10.8 Å². The van der Waals surface area contributed by atoms with Gasteiger partial charge in [-0.2, -0.15) is 0 Å². The van der Waals surface area contributed by atoms with E-state index < -0.39 is 21.0 Å². The number of amides is 1. The number of benzene rings is 1. The topological polar surface area (TPSA) is 68.0 Å². The Bertz CT molecular complexity index is 922. The highest BCUT2D eigenvalue weighted by atomic mass is 32.5. The minimum atomic E-state index is -9.77. The lowest BCUT2D eigenvalue weighted by atomic mass is 10.2. The predicted molar refractivity (Wildman–Crippen MR) is 83.4 cm³/mol. The van der Waals surface area contributed by atoms with Gasteiger partial charge in [0.1, 0.15) is 4.90 Å². The van der Waals surface area contributed by atoms with Crippen LogP contribution >= 0.6 is 21.6 Å². The molecule has 0 aliphatic rings. The van der Waals surface area contributed by atoms with Gasteiger partial charge in [-0.3, -0.25) is 10.1 Å². The third kappa shape index (κ3) is 3.96. The van der Waals surface area contributed by atoms with E-state index in [2.05, 4.69) is 15.5 Å². The second kappa shape index (κ2) is 5.02. The monoisotopic (exact) mass is 397 g/mol. The number of carbonyl (C=O) groups is 1. The van der Waals surface area contributed by atoms with E-state index >= 15 is 0 Å². The summed E-state index contributed by atoms with van der Waals surface area (Å²) in [5.41, 5.74) is -0.276. The van der Waals surface area contributed by atoms with Crippen molar-refractivity contribution in [3.05, 3.63) is 47.3 Å². The maximum Gasteiger partial charge on any atom is 0.322 e. The number of hydrogen-bond acceptors (Lipinski definition) is 5. The Hall–Kier alpha value is -2.47. The molecule has 0 bridgehead atoms. The number of halogens is 5. The fraction of sp³-hybridized carbons (Fsp3) is 0. The Morgan fingerprint density at radius 1 is 1.04 bits per heavy atom. The normalized spacial score (nSPS) is 14.6. The molecular weight excluding hydrogens is 389 g/mol. The Balaban J connectivity index is 1.76. The van der Waals surface area contributed by atoms with Gasteiger partial charge in [0.25, 0.3) is 11.8 Å². The predicted octanol–water partition coefficient (Wildman–Crippen LogP) is 5.71. The molecule has 5 nitrogen and oxygen atoms in total. The molecule has 0 aliphatic carbocycles. The van der Waals surface area contributed by atoms with Gasteiger partial charge in [0, 0.05) is 5.56 Å². The molecule has 0 fully saturated rings. The summed E-state index contributed by atoms with van der Waals surface area (Å²) in [5.74, 6) is -0.725. The van der Waals surface area contributed by atoms with Gasteiger partial charge in [0.05, 0.1) is 4.88 Å². The molecule has 2 heterocycles. The number of aromatic nitrogens is 2. The van der Waals surface area contributed by atoms with Crippen LogP contribution in [-0.2, 0) is 0 Å². The molecule has 0 aliphatic heterocycles. The minimum Gasteiger partial charge on any atom is -0.402 e. The van der Waals surface area contributed by atoms with E-state index in [0.717, 1.165) is 0 Å². The molecule has 0 atom stereocenters. The average molecular weight is 397 g/mol. The molecule has 3 aromatic rings. The summed E-state index contributed by atoms with van der Waals surface area (Å²) in [6, 6.07) is 4.77. The molecule has 134 valence electrons. The molecule has 25 heavy (non-hydrogen) atoms. The van der Waals surface area contributed by atoms with Crippen molar-refractivity contribution in [3.8, 4) is 10.8 Å². The van der Waals surface area contributed by atoms with Gasteiger partial charge >= 0.3 is 16.2 Å². The van der Waals surface area contributed by atoms with Crippen LogP contribution in [0.2, 0.25) is 0 Å². The average Bonchev–Trinajstić information content (AvgIpc) is 3.15. The first kappa shape index (κ1) is 17.4. The highest BCUT2D eigenvalue weighted by Crippen LogP contribution is 3.02. The number of anilines is 1. The van der Waals surface area contributed by atoms with Crippen LogP contribution < -0.4 is 5.32 Å². The number of carbonyl (C=O) groups excluding carboxylic acids is 1. The number of thiophene rings is 1. The first-order valence-electron chi connectivity index (χ1n) is 6.45. The number of nitrogens with zero attached hydrogens (tertiary/aromatic N) is 2. The van der Waals surface area contributed by atoms with Crippen molar-refractivity contribution in [1.29, 1.82) is 0 Å². The lowest BCUT2D eigenvalue weighted by molar-refractivity contribution is 0.102. The van der Waals surface area contributed by atoms with Crippen LogP contribution in [0.1, 0.15) is 10.4 Å². The fourth-order valence-corrected chi connectivity index (χ4v) is 3.10. The van der Waals surface area contributed by atoms with Crippen molar-refractivity contribution in [3.63, 3.8) is 0 Å². The molecule has 0 saturated carbocycles. The zero-order chi connectivity index (χ0) is 18.4. The summed E-state index contributed by atoms with van der Waals surface area (Å²) < 4.78 is 68.4. The Kier molecular flexibility index (Phi) is 3.48. The van der Waals surface area contributed by atoms with Crippen molar-refractivity contribution in [2.75, 3.05) is 5.32 Å². The van der Waals surface area contributed by atoms with Gasteiger partial charge in [-0.05, 0) is 35.7 Å². The van der Waals surface area contributed by atoms with E-state index in [-0.39, 0.29) is 29.6 Å². The maximum absolute atomic E-state index is 12.6. The van der Waals surface area contributed by atoms with Gasteiger partial charge in [0.2, 0.25) is 0 Å². The first-order chi connectivity index (χ1) is 11.4. The van der Waals surface area contributed by atoms with Gasteiger partial charge in [-0.15, -0.1) is 16.4 Å². The molecule has 12 heteroatoms. The van der Waals surface area contributed by atoms with Crippen LogP contribution in [0.4, 0.5) is 25.4 Å². The Morgan fingerprint density at radius 3 is 2.28 bits per heavy atom. The maximum atomic E-state index is 12.6. The molecule has 0 radical (unpaired) electrons. The quantitative estimate of drug-likeness (QED) is 0.573. The molecule has 2 aromatic heterocycles. The van der Waals surface area contributed by atoms with Gasteiger partial charge in [0.15, 0.2) is 0 Å². The van der Waals surface area contributed by atoms with E-state index in [1.165, 1.54) is 11.3 Å². The zero-order valence-corrected chi connectivity index (χ0v) is 13.6. The zero-order valence-electron chi connectivity index (χ0n) is 12.0. The van der Waals surface area contributed by atoms with Crippen molar-refractivity contribution >= 4 is 33.5 Å². The summed E-state index contributed by atoms with van der Waals surface area (Å²) in [4.78, 5) is 10.5. The fourth-order valence-electron chi connectivity index (χ4n) is 1.81. The second-order valence-electron chi connectivity index (χ2n) is 4.84. The van der Waals surface area contributed by atoms with E-state index in [9.17, 15) is 24.2 Å². The Morgan fingerprint density at radius 2 is 1.72 bits per heavy atom. The van der Waals surface area contributed by atoms with Crippen LogP contribution in [0.5, 0.6) is 0 Å². The van der Waals surface area contributed by atoms with Crippen molar-refractivity contribution in [1.82, 2.24) is 10.2 Å². The number of rotatable bonds is 4. The third-order valence-corrected chi connectivity index (χ3v) is 4.96. The van der Waals surface area contributed by atoms with E-state index in [0.29, 0.717) is 17.0 Å². The number of nitrogens with one attached hydrogen (secondary N) is 1. The highest BCUT2D eigenvalue weighted by Gasteiger charge is 2.65. The molecule has 3 rings (SSSR count). The molecule has 1 aromatic carbocycles. The minimum absolute atomic E-state index is 0.154. The highest BCUT2D eigenvalue weighted by molar-refractivity contribution is 8.45. The van der Waals surface area contributed by atoms with Crippen molar-refractivity contribution in [2.24, 2.45) is 0 Å². The molecule has 0 saturated heterocycles. The molecular formula is C13H8F5N3O2S2.